The van der Waals surface area contributed by atoms with Gasteiger partial charge in [-0.2, -0.15) is 0 Å². The molecule has 8 rings (SSSR count). The molecule has 2 aliphatic heterocycles. The summed E-state index contributed by atoms with van der Waals surface area (Å²) in [6.45, 7) is 14.4. The van der Waals surface area contributed by atoms with Crippen LogP contribution in [0.5, 0.6) is 11.5 Å². The van der Waals surface area contributed by atoms with E-state index in [2.05, 4.69) is 56.0 Å². The Hall–Kier alpha value is -5.23. The van der Waals surface area contributed by atoms with Crippen LogP contribution in [0.15, 0.2) is 84.7 Å². The third-order valence-corrected chi connectivity index (χ3v) is 12.5. The first-order chi connectivity index (χ1) is 28.5. The SMILES string of the molecule is Cc1cc(C(=O)c2ccc(N3CCN(CC4=C(c5ccc(Cl)cc5)CC(C)(C)CC4)CC3)cc2Oc2cnc3[nH]ccc3c2)cc([N+](=O)[O-])c1NCCN1CCCCC1. The Kier molecular flexibility index (Phi) is 12.1. The number of carbonyl (C=O) groups is 1. The summed E-state index contributed by atoms with van der Waals surface area (Å²) in [6, 6.07) is 20.9. The molecule has 2 aromatic heterocycles. The van der Waals surface area contributed by atoms with Crippen LogP contribution in [0.2, 0.25) is 5.02 Å². The van der Waals surface area contributed by atoms with Gasteiger partial charge in [-0.15, -0.1) is 0 Å². The highest BCUT2D eigenvalue weighted by Gasteiger charge is 2.30. The number of piperazine rings is 1. The normalized spacial score (nSPS) is 17.7. The summed E-state index contributed by atoms with van der Waals surface area (Å²) in [6.07, 6.45) is 10.4. The molecule has 0 radical (unpaired) electrons. The quantitative estimate of drug-likeness (QED) is 0.0680. The molecule has 0 unspecified atom stereocenters. The van der Waals surface area contributed by atoms with Crippen molar-refractivity contribution in [3.8, 4) is 11.5 Å². The number of aromatic nitrogens is 2. The number of hydrogen-bond donors (Lipinski definition) is 2. The van der Waals surface area contributed by atoms with Crippen molar-refractivity contribution in [1.82, 2.24) is 19.8 Å². The first-order valence-electron chi connectivity index (χ1n) is 21.0. The van der Waals surface area contributed by atoms with E-state index >= 15 is 0 Å². The van der Waals surface area contributed by atoms with Gasteiger partial charge in [0.15, 0.2) is 5.78 Å². The average molecular weight is 816 g/mol. The van der Waals surface area contributed by atoms with Crippen LogP contribution in [0.25, 0.3) is 16.6 Å². The molecule has 4 heterocycles. The van der Waals surface area contributed by atoms with Gasteiger partial charge in [-0.1, -0.05) is 49.6 Å². The summed E-state index contributed by atoms with van der Waals surface area (Å²) >= 11 is 6.26. The minimum Gasteiger partial charge on any atom is -0.455 e. The number of rotatable bonds is 13. The molecule has 12 heteroatoms. The van der Waals surface area contributed by atoms with Gasteiger partial charge < -0.3 is 24.8 Å². The van der Waals surface area contributed by atoms with Gasteiger partial charge >= 0.3 is 0 Å². The minimum absolute atomic E-state index is 0.112. The van der Waals surface area contributed by atoms with Crippen molar-refractivity contribution in [2.24, 2.45) is 5.41 Å². The fourth-order valence-corrected chi connectivity index (χ4v) is 9.06. The molecular weight excluding hydrogens is 762 g/mol. The summed E-state index contributed by atoms with van der Waals surface area (Å²) in [4.78, 5) is 41.3. The van der Waals surface area contributed by atoms with Crippen LogP contribution in [0.1, 0.15) is 79.4 Å². The average Bonchev–Trinajstić information content (AvgIpc) is 3.71. The molecule has 0 spiro atoms. The zero-order chi connectivity index (χ0) is 41.1. The maximum Gasteiger partial charge on any atom is 0.293 e. The molecule has 2 fully saturated rings. The highest BCUT2D eigenvalue weighted by molar-refractivity contribution is 6.30. The topological polar surface area (TPSA) is 120 Å². The number of aromatic amines is 1. The number of halogens is 1. The Bertz CT molecular complexity index is 2360. The van der Waals surface area contributed by atoms with E-state index in [-0.39, 0.29) is 22.4 Å². The number of ether oxygens (including phenoxy) is 1. The third kappa shape index (κ3) is 9.48. The van der Waals surface area contributed by atoms with Crippen LogP contribution in [0.4, 0.5) is 17.1 Å². The molecule has 2 saturated heterocycles. The van der Waals surface area contributed by atoms with Crippen molar-refractivity contribution in [3.63, 3.8) is 0 Å². The first kappa shape index (κ1) is 40.5. The van der Waals surface area contributed by atoms with Gasteiger partial charge in [-0.3, -0.25) is 19.8 Å². The summed E-state index contributed by atoms with van der Waals surface area (Å²) in [5.74, 6) is 0.515. The number of fused-ring (bicyclic) bond motifs is 1. The van der Waals surface area contributed by atoms with Crippen molar-refractivity contribution in [2.45, 2.75) is 59.3 Å². The number of nitrogens with one attached hydrogen (secondary N) is 2. The van der Waals surface area contributed by atoms with E-state index in [0.29, 0.717) is 34.9 Å². The van der Waals surface area contributed by atoms with Crippen molar-refractivity contribution in [3.05, 3.63) is 122 Å². The van der Waals surface area contributed by atoms with E-state index in [1.807, 2.05) is 49.5 Å². The maximum atomic E-state index is 14.4. The Balaban J connectivity index is 1.03. The van der Waals surface area contributed by atoms with E-state index in [1.165, 1.54) is 48.5 Å². The lowest BCUT2D eigenvalue weighted by Gasteiger charge is -2.39. The van der Waals surface area contributed by atoms with Gasteiger partial charge in [-0.05, 0) is 117 Å². The van der Waals surface area contributed by atoms with Crippen LogP contribution >= 0.6 is 11.6 Å². The van der Waals surface area contributed by atoms with Crippen LogP contribution in [0.3, 0.4) is 0 Å². The van der Waals surface area contributed by atoms with E-state index in [1.54, 1.807) is 18.3 Å². The van der Waals surface area contributed by atoms with Crippen LogP contribution in [0, 0.1) is 22.5 Å². The Morgan fingerprint density at radius 3 is 2.51 bits per heavy atom. The molecule has 3 aromatic carbocycles. The molecule has 5 aromatic rings. The van der Waals surface area contributed by atoms with Gasteiger partial charge in [0.25, 0.3) is 5.69 Å². The molecule has 0 amide bonds. The van der Waals surface area contributed by atoms with E-state index in [0.717, 1.165) is 86.9 Å². The maximum absolute atomic E-state index is 14.4. The number of nitrogens with zero attached hydrogens (tertiary/aromatic N) is 5. The number of nitro groups is 1. The van der Waals surface area contributed by atoms with Crippen molar-refractivity contribution in [2.75, 3.05) is 69.1 Å². The highest BCUT2D eigenvalue weighted by atomic mass is 35.5. The summed E-state index contributed by atoms with van der Waals surface area (Å²) in [7, 11) is 0. The number of pyridine rings is 1. The molecule has 3 aliphatic rings. The first-order valence-corrected chi connectivity index (χ1v) is 21.4. The number of hydrogen-bond acceptors (Lipinski definition) is 9. The van der Waals surface area contributed by atoms with Gasteiger partial charge in [0.1, 0.15) is 22.8 Å². The minimum atomic E-state index is -0.408. The van der Waals surface area contributed by atoms with Gasteiger partial charge in [0.2, 0.25) is 0 Å². The Morgan fingerprint density at radius 1 is 0.966 bits per heavy atom. The van der Waals surface area contributed by atoms with E-state index in [4.69, 9.17) is 16.3 Å². The van der Waals surface area contributed by atoms with Gasteiger partial charge in [-0.25, -0.2) is 4.98 Å². The molecule has 0 saturated carbocycles. The number of ketones is 1. The predicted octanol–water partition coefficient (Wildman–Crippen LogP) is 10.1. The standard InChI is InChI=1S/C47H54ClN7O4/c1-32-25-36(27-42(55(57)58)44(32)49-17-20-52-18-5-4-6-19-52)45(56)40-12-11-38(28-43(40)59-39-26-34-14-16-50-46(34)51-30-39)54-23-21-53(22-24-54)31-35-13-15-47(2,3)29-41(35)33-7-9-37(48)10-8-33/h7-12,14,16,25-28,30,49H,4-6,13,15,17-24,29,31H2,1-3H3,(H,50,51). The molecule has 59 heavy (non-hydrogen) atoms. The third-order valence-electron chi connectivity index (χ3n) is 12.3. The fraction of sp³-hybridized carbons (Fsp3) is 0.404. The van der Waals surface area contributed by atoms with Crippen LogP contribution < -0.4 is 15.0 Å². The second-order valence-corrected chi connectivity index (χ2v) is 17.6. The molecule has 0 atom stereocenters. The van der Waals surface area contributed by atoms with Crippen LogP contribution in [-0.2, 0) is 0 Å². The fourth-order valence-electron chi connectivity index (χ4n) is 8.93. The van der Waals surface area contributed by atoms with Gasteiger partial charge in [0.05, 0.1) is 16.7 Å². The number of aryl methyl sites for hydroxylation is 1. The lowest BCUT2D eigenvalue weighted by atomic mass is 9.72. The molecular formula is C47H54ClN7O4. The number of allylic oxidation sites excluding steroid dienone is 1. The zero-order valence-corrected chi connectivity index (χ0v) is 35.1. The summed E-state index contributed by atoms with van der Waals surface area (Å²) < 4.78 is 6.50. The van der Waals surface area contributed by atoms with Gasteiger partial charge in [0, 0.05) is 85.8 Å². The number of benzene rings is 3. The predicted molar refractivity (Wildman–Crippen MR) is 237 cm³/mol. The number of nitro benzene ring substituents is 1. The Labute approximate surface area is 351 Å². The Morgan fingerprint density at radius 2 is 1.75 bits per heavy atom. The lowest BCUT2D eigenvalue weighted by molar-refractivity contribution is -0.384. The second kappa shape index (κ2) is 17.6. The van der Waals surface area contributed by atoms with Crippen molar-refractivity contribution >= 4 is 51.1 Å². The monoisotopic (exact) mass is 815 g/mol. The lowest BCUT2D eigenvalue weighted by Crippen LogP contribution is -2.47. The van der Waals surface area contributed by atoms with Crippen molar-refractivity contribution < 1.29 is 14.5 Å². The molecule has 11 nitrogen and oxygen atoms in total. The largest absolute Gasteiger partial charge is 0.455 e. The number of carbonyl (C=O) groups excluding carboxylic acids is 1. The number of H-pyrrole nitrogens is 1. The van der Waals surface area contributed by atoms with E-state index < -0.39 is 4.92 Å². The summed E-state index contributed by atoms with van der Waals surface area (Å²) in [5, 5.41) is 17.4. The molecule has 308 valence electrons. The van der Waals surface area contributed by atoms with Crippen molar-refractivity contribution in [1.29, 1.82) is 0 Å². The van der Waals surface area contributed by atoms with Crippen LogP contribution in [-0.4, -0.2) is 89.4 Å². The highest BCUT2D eigenvalue weighted by Crippen LogP contribution is 2.43. The summed E-state index contributed by atoms with van der Waals surface area (Å²) in [5.41, 5.74) is 7.72. The second-order valence-electron chi connectivity index (χ2n) is 17.2. The zero-order valence-electron chi connectivity index (χ0n) is 34.4. The smallest absolute Gasteiger partial charge is 0.293 e. The van der Waals surface area contributed by atoms with E-state index in [9.17, 15) is 14.9 Å². The number of piperidine rings is 1. The number of likely N-dealkylation sites (tertiary alicyclic amines) is 1. The molecule has 0 bridgehead atoms. The molecule has 1 aliphatic carbocycles. The number of anilines is 2. The molecule has 2 N–H and O–H groups in total.